The van der Waals surface area contributed by atoms with Crippen LogP contribution < -0.4 is 10.3 Å². The van der Waals surface area contributed by atoms with Gasteiger partial charge in [-0.2, -0.15) is 9.61 Å². The van der Waals surface area contributed by atoms with E-state index >= 15 is 0 Å². The molecule has 1 amide bonds. The molecule has 186 valence electrons. The number of nitrogens with zero attached hydrogens (tertiary/aromatic N) is 5. The molecule has 0 radical (unpaired) electrons. The largest absolute Gasteiger partial charge is 0.481 e. The minimum Gasteiger partial charge on any atom is -0.481 e. The van der Waals surface area contributed by atoms with Gasteiger partial charge < -0.3 is 9.64 Å². The van der Waals surface area contributed by atoms with Crippen molar-refractivity contribution in [2.45, 2.75) is 26.0 Å². The van der Waals surface area contributed by atoms with Crippen LogP contribution in [0.2, 0.25) is 5.02 Å². The summed E-state index contributed by atoms with van der Waals surface area (Å²) < 4.78 is 7.25. The third-order valence-electron chi connectivity index (χ3n) is 6.14. The minimum atomic E-state index is -0.498. The van der Waals surface area contributed by atoms with Crippen LogP contribution in [0.1, 0.15) is 19.0 Å². The van der Waals surface area contributed by atoms with E-state index in [-0.39, 0.29) is 11.5 Å². The number of piperazine rings is 1. The van der Waals surface area contributed by atoms with E-state index in [0.717, 1.165) is 5.56 Å². The maximum Gasteiger partial charge on any atom is 0.275 e. The van der Waals surface area contributed by atoms with Crippen LogP contribution in [-0.2, 0) is 11.3 Å². The summed E-state index contributed by atoms with van der Waals surface area (Å²) in [5, 5.41) is 5.65. The normalized spacial score (nSPS) is 15.2. The van der Waals surface area contributed by atoms with Crippen molar-refractivity contribution in [1.29, 1.82) is 0 Å². The van der Waals surface area contributed by atoms with Gasteiger partial charge in [-0.25, -0.2) is 4.98 Å². The Balaban J connectivity index is 1.23. The van der Waals surface area contributed by atoms with Gasteiger partial charge in [0.2, 0.25) is 4.96 Å². The molecule has 8 nitrogen and oxygen atoms in total. The molecule has 0 saturated carbocycles. The van der Waals surface area contributed by atoms with Crippen LogP contribution in [0.4, 0.5) is 0 Å². The van der Waals surface area contributed by atoms with Crippen LogP contribution >= 0.6 is 22.9 Å². The molecule has 1 aliphatic heterocycles. The maximum atomic E-state index is 13.0. The van der Waals surface area contributed by atoms with Crippen LogP contribution in [0, 0.1) is 0 Å². The molecule has 2 aromatic heterocycles. The average molecular weight is 524 g/mol. The fourth-order valence-corrected chi connectivity index (χ4v) is 5.46. The van der Waals surface area contributed by atoms with Crippen molar-refractivity contribution < 1.29 is 9.53 Å². The molecule has 1 atom stereocenters. The fourth-order valence-electron chi connectivity index (χ4n) is 4.21. The summed E-state index contributed by atoms with van der Waals surface area (Å²) in [5.41, 5.74) is 1.24. The van der Waals surface area contributed by atoms with Gasteiger partial charge in [0, 0.05) is 44.4 Å². The first-order chi connectivity index (χ1) is 17.5. The Morgan fingerprint density at radius 1 is 1.08 bits per heavy atom. The molecule has 1 fully saturated rings. The van der Waals surface area contributed by atoms with Gasteiger partial charge >= 0.3 is 0 Å². The molecule has 1 saturated heterocycles. The quantitative estimate of drug-likeness (QED) is 0.364. The van der Waals surface area contributed by atoms with Crippen molar-refractivity contribution in [2.24, 2.45) is 0 Å². The van der Waals surface area contributed by atoms with Crippen molar-refractivity contribution in [3.8, 4) is 16.3 Å². The van der Waals surface area contributed by atoms with Crippen molar-refractivity contribution >= 4 is 33.8 Å². The first-order valence-corrected chi connectivity index (χ1v) is 13.1. The standard InChI is InChI=1S/C26H26ClN5O3S/c1-2-22(35-19-8-4-3-5-9-19)25(34)31-14-12-30(13-15-31)17-18-16-23(33)32-26(28-18)36-24(29-32)20-10-6-7-11-21(20)27/h3-11,16,22H,2,12-15,17H2,1H3. The lowest BCUT2D eigenvalue weighted by Crippen LogP contribution is -2.52. The second-order valence-electron chi connectivity index (χ2n) is 8.60. The minimum absolute atomic E-state index is 0.00977. The second-order valence-corrected chi connectivity index (χ2v) is 9.96. The SMILES string of the molecule is CCC(Oc1ccccc1)C(=O)N1CCN(Cc2cc(=O)n3nc(-c4ccccc4Cl)sc3n2)CC1. The molecule has 0 bridgehead atoms. The van der Waals surface area contributed by atoms with Crippen molar-refractivity contribution in [2.75, 3.05) is 26.2 Å². The van der Waals surface area contributed by atoms with E-state index in [1.54, 1.807) is 6.07 Å². The van der Waals surface area contributed by atoms with Crippen molar-refractivity contribution in [3.63, 3.8) is 0 Å². The van der Waals surface area contributed by atoms with Crippen LogP contribution in [0.5, 0.6) is 5.75 Å². The van der Waals surface area contributed by atoms with Gasteiger partial charge in [-0.3, -0.25) is 14.5 Å². The number of carbonyl (C=O) groups excluding carboxylic acids is 1. The summed E-state index contributed by atoms with van der Waals surface area (Å²) in [7, 11) is 0. The van der Waals surface area contributed by atoms with Gasteiger partial charge in [0.05, 0.1) is 10.7 Å². The van der Waals surface area contributed by atoms with Crippen molar-refractivity contribution in [3.05, 3.63) is 81.7 Å². The number of halogens is 1. The van der Waals surface area contributed by atoms with Gasteiger partial charge in [0.25, 0.3) is 11.5 Å². The van der Waals surface area contributed by atoms with E-state index in [2.05, 4.69) is 15.0 Å². The number of rotatable bonds is 7. The summed E-state index contributed by atoms with van der Waals surface area (Å²) in [5.74, 6) is 0.709. The van der Waals surface area contributed by atoms with Gasteiger partial charge in [-0.15, -0.1) is 0 Å². The van der Waals surface area contributed by atoms with E-state index in [4.69, 9.17) is 16.3 Å². The number of aromatic nitrogens is 3. The third-order valence-corrected chi connectivity index (χ3v) is 7.41. The van der Waals surface area contributed by atoms with Gasteiger partial charge in [-0.1, -0.05) is 66.3 Å². The van der Waals surface area contributed by atoms with Gasteiger partial charge in [0.1, 0.15) is 10.8 Å². The van der Waals surface area contributed by atoms with E-state index in [1.165, 1.54) is 21.9 Å². The highest BCUT2D eigenvalue weighted by molar-refractivity contribution is 7.19. The Kier molecular flexibility index (Phi) is 7.31. The monoisotopic (exact) mass is 523 g/mol. The average Bonchev–Trinajstić information content (AvgIpc) is 3.33. The highest BCUT2D eigenvalue weighted by Gasteiger charge is 2.28. The number of benzene rings is 2. The van der Waals surface area contributed by atoms with Gasteiger partial charge in [0.15, 0.2) is 6.10 Å². The van der Waals surface area contributed by atoms with Gasteiger partial charge in [-0.05, 0) is 24.6 Å². The predicted octanol–water partition coefficient (Wildman–Crippen LogP) is 3.97. The lowest BCUT2D eigenvalue weighted by molar-refractivity contribution is -0.140. The highest BCUT2D eigenvalue weighted by atomic mass is 35.5. The topological polar surface area (TPSA) is 80.0 Å². The molecular weight excluding hydrogens is 498 g/mol. The van der Waals surface area contributed by atoms with E-state index in [9.17, 15) is 9.59 Å². The van der Waals surface area contributed by atoms with Crippen LogP contribution in [0.25, 0.3) is 15.5 Å². The Morgan fingerprint density at radius 2 is 1.81 bits per heavy atom. The Hall–Kier alpha value is -3.27. The summed E-state index contributed by atoms with van der Waals surface area (Å²) in [6.07, 6.45) is 0.106. The third kappa shape index (κ3) is 5.28. The smallest absolute Gasteiger partial charge is 0.275 e. The molecule has 4 aromatic rings. The molecule has 1 unspecified atom stereocenters. The zero-order valence-electron chi connectivity index (χ0n) is 19.8. The molecule has 36 heavy (non-hydrogen) atoms. The van der Waals surface area contributed by atoms with Crippen molar-refractivity contribution in [1.82, 2.24) is 24.4 Å². The van der Waals surface area contributed by atoms with Crippen LogP contribution in [0.15, 0.2) is 65.5 Å². The predicted molar refractivity (Wildman–Crippen MR) is 141 cm³/mol. The summed E-state index contributed by atoms with van der Waals surface area (Å²) in [6.45, 7) is 5.09. The first kappa shape index (κ1) is 24.4. The van der Waals surface area contributed by atoms with E-state index in [0.29, 0.717) is 65.6 Å². The number of para-hydroxylation sites is 1. The molecule has 1 aliphatic rings. The van der Waals surface area contributed by atoms with E-state index in [1.807, 2.05) is 60.4 Å². The summed E-state index contributed by atoms with van der Waals surface area (Å²) in [4.78, 5) is 35.0. The maximum absolute atomic E-state index is 13.0. The summed E-state index contributed by atoms with van der Waals surface area (Å²) >= 11 is 7.64. The van der Waals surface area contributed by atoms with Crippen LogP contribution in [0.3, 0.4) is 0 Å². The molecule has 0 N–H and O–H groups in total. The fraction of sp³-hybridized carbons (Fsp3) is 0.308. The molecule has 2 aromatic carbocycles. The zero-order chi connectivity index (χ0) is 25.1. The number of fused-ring (bicyclic) bond motifs is 1. The highest BCUT2D eigenvalue weighted by Crippen LogP contribution is 2.30. The number of carbonyl (C=O) groups is 1. The molecule has 3 heterocycles. The van der Waals surface area contributed by atoms with E-state index < -0.39 is 6.10 Å². The molecule has 0 spiro atoms. The number of ether oxygens (including phenoxy) is 1. The summed E-state index contributed by atoms with van der Waals surface area (Å²) in [6, 6.07) is 18.4. The zero-order valence-corrected chi connectivity index (χ0v) is 21.4. The molecular formula is C26H26ClN5O3S. The molecule has 10 heteroatoms. The van der Waals surface area contributed by atoms with Crippen LogP contribution in [-0.4, -0.2) is 62.6 Å². The first-order valence-electron chi connectivity index (χ1n) is 11.9. The lowest BCUT2D eigenvalue weighted by atomic mass is 10.2. The lowest BCUT2D eigenvalue weighted by Gasteiger charge is -2.36. The Bertz CT molecular complexity index is 1420. The number of hydrogen-bond donors (Lipinski definition) is 0. The molecule has 0 aliphatic carbocycles. The Labute approximate surface area is 217 Å². The number of amides is 1. The second kappa shape index (κ2) is 10.8. The number of hydrogen-bond acceptors (Lipinski definition) is 7. The Morgan fingerprint density at radius 3 is 2.53 bits per heavy atom. The molecule has 5 rings (SSSR count).